The van der Waals surface area contributed by atoms with Gasteiger partial charge in [0.2, 0.25) is 5.91 Å². The summed E-state index contributed by atoms with van der Waals surface area (Å²) >= 11 is 0. The number of rotatable bonds is 3. The number of allylic oxidation sites excluding steroid dienone is 2. The van der Waals surface area contributed by atoms with Gasteiger partial charge in [0.05, 0.1) is 22.5 Å². The lowest BCUT2D eigenvalue weighted by molar-refractivity contribution is -0.137. The fourth-order valence-electron chi connectivity index (χ4n) is 6.57. The van der Waals surface area contributed by atoms with Gasteiger partial charge in [-0.2, -0.15) is 18.3 Å². The van der Waals surface area contributed by atoms with Crippen LogP contribution in [0.5, 0.6) is 0 Å². The number of pyridine rings is 2. The predicted octanol–water partition coefficient (Wildman–Crippen LogP) is 7.26. The topological polar surface area (TPSA) is 128 Å². The van der Waals surface area contributed by atoms with Crippen molar-refractivity contribution in [3.8, 4) is 11.3 Å². The smallest absolute Gasteiger partial charge is 0.383 e. The summed E-state index contributed by atoms with van der Waals surface area (Å²) in [5, 5.41) is 11.4. The lowest BCUT2D eigenvalue weighted by Gasteiger charge is -2.29. The molecule has 3 aromatic heterocycles. The number of nitrogens with one attached hydrogen (secondary N) is 2. The molecular formula is C35H38F3N7O2. The van der Waals surface area contributed by atoms with Crippen molar-refractivity contribution in [2.45, 2.75) is 76.4 Å². The van der Waals surface area contributed by atoms with Gasteiger partial charge in [0.25, 0.3) is 5.91 Å². The molecule has 12 heteroatoms. The van der Waals surface area contributed by atoms with E-state index in [9.17, 15) is 22.8 Å². The van der Waals surface area contributed by atoms with Crippen LogP contribution in [-0.4, -0.2) is 38.1 Å². The maximum absolute atomic E-state index is 13.1. The fraction of sp³-hybridized carbons (Fsp3) is 0.400. The van der Waals surface area contributed by atoms with Crippen LogP contribution in [0.2, 0.25) is 0 Å². The van der Waals surface area contributed by atoms with Crippen LogP contribution in [0.25, 0.3) is 22.2 Å². The van der Waals surface area contributed by atoms with E-state index in [0.29, 0.717) is 41.8 Å². The first-order chi connectivity index (χ1) is 22.7. The quantitative estimate of drug-likeness (QED) is 0.201. The third-order valence-electron chi connectivity index (χ3n) is 9.04. The van der Waals surface area contributed by atoms with Gasteiger partial charge in [-0.15, -0.1) is 0 Å². The van der Waals surface area contributed by atoms with Crippen LogP contribution in [0.1, 0.15) is 85.3 Å². The molecule has 4 aromatic rings. The lowest BCUT2D eigenvalue weighted by Crippen LogP contribution is -2.35. The highest BCUT2D eigenvalue weighted by atomic mass is 19.4. The molecule has 4 heterocycles. The van der Waals surface area contributed by atoms with Crippen molar-refractivity contribution in [2.75, 3.05) is 17.6 Å². The summed E-state index contributed by atoms with van der Waals surface area (Å²) in [4.78, 5) is 34.5. The third-order valence-corrected chi connectivity index (χ3v) is 9.04. The molecule has 6 rings (SSSR count). The summed E-state index contributed by atoms with van der Waals surface area (Å²) in [6, 6.07) is 8.28. The number of halogens is 3. The molecule has 246 valence electrons. The van der Waals surface area contributed by atoms with E-state index in [-0.39, 0.29) is 29.2 Å². The van der Waals surface area contributed by atoms with Gasteiger partial charge in [-0.05, 0) is 69.2 Å². The molecule has 1 aromatic carbocycles. The van der Waals surface area contributed by atoms with Gasteiger partial charge < -0.3 is 16.4 Å². The lowest BCUT2D eigenvalue weighted by atomic mass is 9.85. The van der Waals surface area contributed by atoms with Crippen molar-refractivity contribution in [1.29, 1.82) is 0 Å². The summed E-state index contributed by atoms with van der Waals surface area (Å²) in [6.07, 6.45) is 11.9. The number of aromatic nitrogens is 4. The molecule has 1 aliphatic carbocycles. The first-order valence-corrected chi connectivity index (χ1v) is 16.2. The Hall–Kier alpha value is -4.74. The number of amides is 2. The van der Waals surface area contributed by atoms with Gasteiger partial charge >= 0.3 is 6.18 Å². The number of nitrogen functional groups attached to an aromatic ring is 1. The number of nitrogens with zero attached hydrogens (tertiary/aromatic N) is 4. The van der Waals surface area contributed by atoms with Gasteiger partial charge in [-0.1, -0.05) is 43.5 Å². The summed E-state index contributed by atoms with van der Waals surface area (Å²) < 4.78 is 41.4. The number of fused-ring (bicyclic) bond motifs is 3. The number of nitrogens with two attached hydrogens (primary N) is 1. The van der Waals surface area contributed by atoms with Crippen LogP contribution in [0.4, 0.5) is 24.8 Å². The van der Waals surface area contributed by atoms with Crippen LogP contribution in [0, 0.1) is 5.92 Å². The third kappa shape index (κ3) is 7.31. The standard InChI is InChI=1S/C35H38F3N7O2/c36-35(37,38)26-16-18-40-28(20-26)43-34(47)23-14-12-22(13-15-23)30-29-31-25(21-42-32(29)39)9-6-4-2-1-3-5-7-17-41-33(46)24-10-8-11-27(19-24)45(31)44-30/h4,6,12-16,18,20-21,24,27H,1-3,5,7-11,17,19H2,(H2,39,42)(H,41,46)(H,40,43,47)/b6-4-/t24-,27-/m1/s1. The highest BCUT2D eigenvalue weighted by Gasteiger charge is 2.32. The number of benzene rings is 1. The number of hydrogen-bond donors (Lipinski definition) is 3. The number of carbonyl (C=O) groups is 2. The summed E-state index contributed by atoms with van der Waals surface area (Å²) in [5.74, 6) is -0.454. The monoisotopic (exact) mass is 645 g/mol. The maximum Gasteiger partial charge on any atom is 0.416 e. The maximum atomic E-state index is 13.1. The van der Waals surface area contributed by atoms with Crippen molar-refractivity contribution in [1.82, 2.24) is 25.1 Å². The normalized spacial score (nSPS) is 20.3. The van der Waals surface area contributed by atoms with Crippen LogP contribution in [0.15, 0.2) is 60.9 Å². The van der Waals surface area contributed by atoms with Crippen LogP contribution in [-0.2, 0) is 17.4 Å². The number of hydrogen-bond acceptors (Lipinski definition) is 6. The fourth-order valence-corrected chi connectivity index (χ4v) is 6.57. The van der Waals surface area contributed by atoms with Crippen molar-refractivity contribution in [3.63, 3.8) is 0 Å². The van der Waals surface area contributed by atoms with E-state index < -0.39 is 17.6 Å². The van der Waals surface area contributed by atoms with E-state index in [1.165, 1.54) is 0 Å². The molecule has 2 aliphatic rings. The minimum Gasteiger partial charge on any atom is -0.383 e. The van der Waals surface area contributed by atoms with E-state index in [0.717, 1.165) is 80.8 Å². The highest BCUT2D eigenvalue weighted by molar-refractivity contribution is 6.05. The van der Waals surface area contributed by atoms with Crippen LogP contribution in [0.3, 0.4) is 0 Å². The van der Waals surface area contributed by atoms with E-state index in [4.69, 9.17) is 10.8 Å². The zero-order chi connectivity index (χ0) is 33.0. The Kier molecular flexibility index (Phi) is 9.55. The van der Waals surface area contributed by atoms with Gasteiger partial charge in [0.1, 0.15) is 17.3 Å². The number of alkyl halides is 3. The molecule has 4 N–H and O–H groups in total. The van der Waals surface area contributed by atoms with E-state index in [2.05, 4.69) is 32.8 Å². The van der Waals surface area contributed by atoms with Crippen molar-refractivity contribution >= 4 is 34.4 Å². The molecule has 2 atom stereocenters. The van der Waals surface area contributed by atoms with Crippen molar-refractivity contribution in [2.24, 2.45) is 5.92 Å². The molecule has 1 fully saturated rings. The molecule has 0 unspecified atom stereocenters. The van der Waals surface area contributed by atoms with E-state index in [1.54, 1.807) is 30.5 Å². The Morgan fingerprint density at radius 1 is 1.00 bits per heavy atom. The van der Waals surface area contributed by atoms with Gasteiger partial charge in [-0.25, -0.2) is 9.97 Å². The molecular weight excluding hydrogens is 607 g/mol. The Morgan fingerprint density at radius 2 is 1.81 bits per heavy atom. The largest absolute Gasteiger partial charge is 0.416 e. The predicted molar refractivity (Wildman–Crippen MR) is 175 cm³/mol. The first kappa shape index (κ1) is 32.2. The molecule has 0 spiro atoms. The number of anilines is 2. The Labute approximate surface area is 270 Å². The van der Waals surface area contributed by atoms with Crippen molar-refractivity contribution < 1.29 is 22.8 Å². The Balaban J connectivity index is 1.34. The molecule has 2 amide bonds. The molecule has 0 radical (unpaired) electrons. The van der Waals surface area contributed by atoms with Gasteiger partial charge in [0.15, 0.2) is 0 Å². The average molecular weight is 646 g/mol. The second-order valence-electron chi connectivity index (χ2n) is 12.3. The van der Waals surface area contributed by atoms with Crippen LogP contribution >= 0.6 is 0 Å². The van der Waals surface area contributed by atoms with Gasteiger partial charge in [-0.3, -0.25) is 14.3 Å². The van der Waals surface area contributed by atoms with Gasteiger partial charge in [0, 0.05) is 41.5 Å². The highest BCUT2D eigenvalue weighted by Crippen LogP contribution is 2.40. The zero-order valence-electron chi connectivity index (χ0n) is 26.0. The Bertz CT molecular complexity index is 1780. The SMILES string of the molecule is Nc1ncc2c3c1c(-c1ccc(C(=O)Nc4cc(C(F)(F)F)ccn4)cc1)nn3[C@@H]1CCC[C@H](C1)C(=O)NCCCCCC/C=C\C2. The van der Waals surface area contributed by atoms with Crippen molar-refractivity contribution in [3.05, 3.63) is 77.6 Å². The minimum atomic E-state index is -4.55. The molecule has 0 saturated heterocycles. The molecule has 1 saturated carbocycles. The van der Waals surface area contributed by atoms with Crippen LogP contribution < -0.4 is 16.4 Å². The second-order valence-corrected chi connectivity index (χ2v) is 12.3. The zero-order valence-corrected chi connectivity index (χ0v) is 26.0. The summed E-state index contributed by atoms with van der Waals surface area (Å²) in [7, 11) is 0. The van der Waals surface area contributed by atoms with E-state index in [1.807, 2.05) is 4.68 Å². The second kappa shape index (κ2) is 13.9. The Morgan fingerprint density at radius 3 is 2.62 bits per heavy atom. The molecule has 47 heavy (non-hydrogen) atoms. The molecule has 2 bridgehead atoms. The van der Waals surface area contributed by atoms with E-state index >= 15 is 0 Å². The molecule has 9 nitrogen and oxygen atoms in total. The number of carbonyl (C=O) groups excluding carboxylic acids is 2. The summed E-state index contributed by atoms with van der Waals surface area (Å²) in [5.41, 5.74) is 9.07. The molecule has 1 aliphatic heterocycles. The summed E-state index contributed by atoms with van der Waals surface area (Å²) in [6.45, 7) is 0.696. The minimum absolute atomic E-state index is 0.0130. The average Bonchev–Trinajstić information content (AvgIpc) is 3.48. The first-order valence-electron chi connectivity index (χ1n) is 16.2.